The van der Waals surface area contributed by atoms with Gasteiger partial charge in [0.2, 0.25) is 5.91 Å². The summed E-state index contributed by atoms with van der Waals surface area (Å²) in [5.74, 6) is -0.216. The van der Waals surface area contributed by atoms with Gasteiger partial charge in [0.25, 0.3) is 0 Å². The molecule has 1 aromatic carbocycles. The lowest BCUT2D eigenvalue weighted by molar-refractivity contribution is -0.126. The summed E-state index contributed by atoms with van der Waals surface area (Å²) in [4.78, 5) is 11.3. The molecule has 0 aliphatic rings. The zero-order valence-corrected chi connectivity index (χ0v) is 10.2. The van der Waals surface area contributed by atoms with Crippen molar-refractivity contribution in [1.29, 1.82) is 0 Å². The van der Waals surface area contributed by atoms with Crippen molar-refractivity contribution in [1.82, 2.24) is 5.32 Å². The zero-order valence-electron chi connectivity index (χ0n) is 10.2. The van der Waals surface area contributed by atoms with Crippen LogP contribution in [0.15, 0.2) is 30.3 Å². The Labute approximate surface area is 102 Å². The molecule has 0 aliphatic carbocycles. The number of carbonyl (C=O) groups excluding carboxylic acids is 1. The van der Waals surface area contributed by atoms with E-state index < -0.39 is 6.10 Å². The fourth-order valence-corrected chi connectivity index (χ4v) is 1.56. The molecule has 2 N–H and O–H groups in total. The number of hydrogen-bond acceptors (Lipinski definition) is 3. The minimum atomic E-state index is -0.599. The molecule has 0 aliphatic heterocycles. The smallest absolute Gasteiger partial charge is 0.246 e. The van der Waals surface area contributed by atoms with Gasteiger partial charge in [0.15, 0.2) is 0 Å². The number of nitrogens with one attached hydrogen (secondary N) is 1. The van der Waals surface area contributed by atoms with Gasteiger partial charge in [-0.3, -0.25) is 4.79 Å². The van der Waals surface area contributed by atoms with Gasteiger partial charge in [-0.25, -0.2) is 0 Å². The van der Waals surface area contributed by atoms with Crippen molar-refractivity contribution in [3.63, 3.8) is 0 Å². The maximum atomic E-state index is 11.3. The van der Waals surface area contributed by atoms with Crippen molar-refractivity contribution in [3.05, 3.63) is 35.9 Å². The first-order valence-corrected chi connectivity index (χ1v) is 5.63. The summed E-state index contributed by atoms with van der Waals surface area (Å²) in [5, 5.41) is 12.6. The first-order chi connectivity index (χ1) is 8.13. The summed E-state index contributed by atoms with van der Waals surface area (Å²) in [6.07, 6.45) is -0.0758. The number of hydrogen-bond donors (Lipinski definition) is 2. The average Bonchev–Trinajstić information content (AvgIpc) is 2.30. The third-order valence-corrected chi connectivity index (χ3v) is 2.53. The Kier molecular flexibility index (Phi) is 5.66. The second kappa shape index (κ2) is 7.04. The highest BCUT2D eigenvalue weighted by molar-refractivity contribution is 5.77. The third kappa shape index (κ3) is 4.97. The Balaban J connectivity index is 2.42. The molecule has 0 saturated heterocycles. The van der Waals surface area contributed by atoms with Gasteiger partial charge >= 0.3 is 0 Å². The van der Waals surface area contributed by atoms with Gasteiger partial charge in [-0.15, -0.1) is 0 Å². The Bertz CT molecular complexity index is 340. The van der Waals surface area contributed by atoms with Crippen LogP contribution in [0.5, 0.6) is 0 Å². The van der Waals surface area contributed by atoms with Crippen molar-refractivity contribution in [3.8, 4) is 0 Å². The van der Waals surface area contributed by atoms with E-state index in [1.165, 1.54) is 7.11 Å². The van der Waals surface area contributed by atoms with Crippen molar-refractivity contribution in [2.24, 2.45) is 0 Å². The molecule has 0 bridgehead atoms. The van der Waals surface area contributed by atoms with Gasteiger partial charge in [-0.2, -0.15) is 0 Å². The van der Waals surface area contributed by atoms with Crippen molar-refractivity contribution in [2.75, 3.05) is 13.7 Å². The normalized spacial score (nSPS) is 14.1. The molecule has 94 valence electrons. The molecule has 0 aromatic heterocycles. The van der Waals surface area contributed by atoms with Gasteiger partial charge in [-0.1, -0.05) is 30.3 Å². The Morgan fingerprint density at radius 2 is 2.06 bits per heavy atom. The largest absolute Gasteiger partial charge is 0.391 e. The summed E-state index contributed by atoms with van der Waals surface area (Å²) in [6, 6.07) is 9.39. The number of ether oxygens (including phenoxy) is 1. The molecular weight excluding hydrogens is 218 g/mol. The standard InChI is InChI=1S/C13H19NO3/c1-10(14-13(16)9-17-2)12(15)8-11-6-4-3-5-7-11/h3-7,10,12,15H,8-9H2,1-2H3,(H,14,16). The van der Waals surface area contributed by atoms with E-state index in [9.17, 15) is 9.90 Å². The molecule has 0 fully saturated rings. The maximum Gasteiger partial charge on any atom is 0.246 e. The van der Waals surface area contributed by atoms with Gasteiger partial charge < -0.3 is 15.2 Å². The van der Waals surface area contributed by atoms with Crippen LogP contribution in [0, 0.1) is 0 Å². The number of carbonyl (C=O) groups is 1. The van der Waals surface area contributed by atoms with E-state index in [1.807, 2.05) is 30.3 Å². The molecule has 0 spiro atoms. The highest BCUT2D eigenvalue weighted by Gasteiger charge is 2.16. The molecule has 0 saturated carbocycles. The second-order valence-electron chi connectivity index (χ2n) is 4.05. The summed E-state index contributed by atoms with van der Waals surface area (Å²) in [5.41, 5.74) is 1.05. The Hall–Kier alpha value is -1.39. The van der Waals surface area contributed by atoms with Gasteiger partial charge in [0.05, 0.1) is 12.1 Å². The molecule has 1 rings (SSSR count). The molecule has 1 aromatic rings. The number of methoxy groups -OCH3 is 1. The summed E-state index contributed by atoms with van der Waals surface area (Å²) < 4.78 is 4.71. The fourth-order valence-electron chi connectivity index (χ4n) is 1.56. The van der Waals surface area contributed by atoms with Gasteiger partial charge in [0.1, 0.15) is 6.61 Å². The van der Waals surface area contributed by atoms with Crippen LogP contribution in [0.2, 0.25) is 0 Å². The third-order valence-electron chi connectivity index (χ3n) is 2.53. The number of aliphatic hydroxyl groups is 1. The van der Waals surface area contributed by atoms with Crippen LogP contribution in [-0.4, -0.2) is 36.9 Å². The van der Waals surface area contributed by atoms with E-state index in [-0.39, 0.29) is 18.6 Å². The molecule has 0 heterocycles. The number of rotatable bonds is 6. The van der Waals surface area contributed by atoms with Crippen LogP contribution in [0.1, 0.15) is 12.5 Å². The van der Waals surface area contributed by atoms with E-state index in [2.05, 4.69) is 5.32 Å². The van der Waals surface area contributed by atoms with Gasteiger partial charge in [0, 0.05) is 13.5 Å². The quantitative estimate of drug-likeness (QED) is 0.767. The molecule has 4 heteroatoms. The van der Waals surface area contributed by atoms with Crippen LogP contribution >= 0.6 is 0 Å². The molecule has 1 amide bonds. The topological polar surface area (TPSA) is 58.6 Å². The van der Waals surface area contributed by atoms with Crippen molar-refractivity contribution in [2.45, 2.75) is 25.5 Å². The molecule has 17 heavy (non-hydrogen) atoms. The van der Waals surface area contributed by atoms with E-state index in [1.54, 1.807) is 6.92 Å². The van der Waals surface area contributed by atoms with Crippen LogP contribution in [0.3, 0.4) is 0 Å². The highest BCUT2D eigenvalue weighted by atomic mass is 16.5. The summed E-state index contributed by atoms with van der Waals surface area (Å²) in [6.45, 7) is 1.80. The predicted molar refractivity (Wildman–Crippen MR) is 65.6 cm³/mol. The monoisotopic (exact) mass is 237 g/mol. The average molecular weight is 237 g/mol. The van der Waals surface area contributed by atoms with Crippen LogP contribution in [-0.2, 0) is 16.0 Å². The van der Waals surface area contributed by atoms with E-state index >= 15 is 0 Å². The van der Waals surface area contributed by atoms with E-state index in [0.29, 0.717) is 6.42 Å². The minimum absolute atomic E-state index is 0.0163. The highest BCUT2D eigenvalue weighted by Crippen LogP contribution is 2.05. The van der Waals surface area contributed by atoms with Crippen molar-refractivity contribution < 1.29 is 14.6 Å². The lowest BCUT2D eigenvalue weighted by atomic mass is 10.0. The SMILES string of the molecule is COCC(=O)NC(C)C(O)Cc1ccccc1. The van der Waals surface area contributed by atoms with E-state index in [4.69, 9.17) is 4.74 Å². The molecule has 0 radical (unpaired) electrons. The van der Waals surface area contributed by atoms with Crippen LogP contribution in [0.25, 0.3) is 0 Å². The molecule has 2 atom stereocenters. The molecular formula is C13H19NO3. The van der Waals surface area contributed by atoms with E-state index in [0.717, 1.165) is 5.56 Å². The Morgan fingerprint density at radius 1 is 1.41 bits per heavy atom. The number of aliphatic hydroxyl groups excluding tert-OH is 1. The lowest BCUT2D eigenvalue weighted by Crippen LogP contribution is -2.43. The fraction of sp³-hybridized carbons (Fsp3) is 0.462. The lowest BCUT2D eigenvalue weighted by Gasteiger charge is -2.20. The number of benzene rings is 1. The van der Waals surface area contributed by atoms with Crippen LogP contribution < -0.4 is 5.32 Å². The maximum absolute atomic E-state index is 11.3. The first kappa shape index (κ1) is 13.7. The summed E-state index contributed by atoms with van der Waals surface area (Å²) >= 11 is 0. The first-order valence-electron chi connectivity index (χ1n) is 5.63. The van der Waals surface area contributed by atoms with Gasteiger partial charge in [-0.05, 0) is 12.5 Å². The minimum Gasteiger partial charge on any atom is -0.391 e. The summed E-state index contributed by atoms with van der Waals surface area (Å²) in [7, 11) is 1.46. The zero-order chi connectivity index (χ0) is 12.7. The van der Waals surface area contributed by atoms with Crippen LogP contribution in [0.4, 0.5) is 0 Å². The predicted octanol–water partition coefficient (Wildman–Crippen LogP) is 0.741. The molecule has 2 unspecified atom stereocenters. The number of amides is 1. The molecule has 4 nitrogen and oxygen atoms in total. The second-order valence-corrected chi connectivity index (χ2v) is 4.05. The Morgan fingerprint density at radius 3 is 2.65 bits per heavy atom. The van der Waals surface area contributed by atoms with Crippen molar-refractivity contribution >= 4 is 5.91 Å².